The normalized spacial score (nSPS) is 18.7. The molecular formula is C15H19N3O4S2. The maximum absolute atomic E-state index is 12.5. The predicted molar refractivity (Wildman–Crippen MR) is 89.4 cm³/mol. The summed E-state index contributed by atoms with van der Waals surface area (Å²) in [5.41, 5.74) is 0.570. The average molecular weight is 369 g/mol. The van der Waals surface area contributed by atoms with Gasteiger partial charge < -0.3 is 9.32 Å². The lowest BCUT2D eigenvalue weighted by Gasteiger charge is -2.32. The second-order valence-corrected chi connectivity index (χ2v) is 8.75. The van der Waals surface area contributed by atoms with E-state index in [-0.39, 0.29) is 17.6 Å². The van der Waals surface area contributed by atoms with Gasteiger partial charge in [0.15, 0.2) is 6.39 Å². The summed E-state index contributed by atoms with van der Waals surface area (Å²) >= 11 is 1.19. The quantitative estimate of drug-likeness (QED) is 0.869. The molecule has 2 aromatic heterocycles. The minimum absolute atomic E-state index is 0.0839. The number of nitrogens with one attached hydrogen (secondary N) is 1. The fraction of sp³-hybridized carbons (Fsp3) is 0.467. The summed E-state index contributed by atoms with van der Waals surface area (Å²) in [6.07, 6.45) is 2.98. The summed E-state index contributed by atoms with van der Waals surface area (Å²) in [6, 6.07) is 3.29. The summed E-state index contributed by atoms with van der Waals surface area (Å²) < 4.78 is 32.5. The lowest BCUT2D eigenvalue weighted by molar-refractivity contribution is 0.0643. The molecule has 0 aromatic carbocycles. The maximum atomic E-state index is 12.5. The molecule has 0 spiro atoms. The van der Waals surface area contributed by atoms with Crippen molar-refractivity contribution in [2.45, 2.75) is 24.0 Å². The van der Waals surface area contributed by atoms with Crippen molar-refractivity contribution in [3.05, 3.63) is 35.4 Å². The minimum Gasteiger partial charge on any atom is -0.438 e. The number of rotatable bonds is 5. The molecule has 130 valence electrons. The van der Waals surface area contributed by atoms with E-state index in [9.17, 15) is 13.2 Å². The van der Waals surface area contributed by atoms with Crippen LogP contribution in [0.25, 0.3) is 0 Å². The first-order chi connectivity index (χ1) is 11.5. The molecule has 2 aromatic rings. The van der Waals surface area contributed by atoms with E-state index in [4.69, 9.17) is 4.42 Å². The van der Waals surface area contributed by atoms with Gasteiger partial charge in [-0.05, 0) is 37.1 Å². The Morgan fingerprint density at radius 2 is 2.38 bits per heavy atom. The van der Waals surface area contributed by atoms with E-state index in [0.717, 1.165) is 12.8 Å². The Bertz CT molecular complexity index is 799. The number of aromatic nitrogens is 1. The molecule has 0 bridgehead atoms. The first-order valence-corrected chi connectivity index (χ1v) is 10.1. The van der Waals surface area contributed by atoms with Crippen LogP contribution in [-0.4, -0.2) is 43.8 Å². The van der Waals surface area contributed by atoms with Gasteiger partial charge >= 0.3 is 0 Å². The van der Waals surface area contributed by atoms with E-state index < -0.39 is 10.0 Å². The van der Waals surface area contributed by atoms with Crippen molar-refractivity contribution < 1.29 is 17.6 Å². The zero-order chi connectivity index (χ0) is 17.2. The molecule has 9 heteroatoms. The highest BCUT2D eigenvalue weighted by Crippen LogP contribution is 2.21. The summed E-state index contributed by atoms with van der Waals surface area (Å²) in [6.45, 7) is 3.20. The van der Waals surface area contributed by atoms with Gasteiger partial charge in [0.2, 0.25) is 15.8 Å². The van der Waals surface area contributed by atoms with Gasteiger partial charge in [-0.3, -0.25) is 4.79 Å². The number of thiophene rings is 1. The van der Waals surface area contributed by atoms with Crippen LogP contribution in [0, 0.1) is 12.8 Å². The number of aryl methyl sites for hydroxylation is 1. The molecule has 1 fully saturated rings. The SMILES string of the molecule is Cc1ncoc1C(=O)N1CCCC(CNS(=O)(=O)c2cccs2)C1. The van der Waals surface area contributed by atoms with Crippen molar-refractivity contribution in [1.29, 1.82) is 0 Å². The van der Waals surface area contributed by atoms with Gasteiger partial charge in [0.05, 0.1) is 5.69 Å². The molecule has 1 N–H and O–H groups in total. The standard InChI is InChI=1S/C15H19N3O4S2/c1-11-14(22-10-16-11)15(19)18-6-2-4-12(9-18)8-17-24(20,21)13-5-3-7-23-13/h3,5,7,10,12,17H,2,4,6,8-9H2,1H3. The average Bonchev–Trinajstić information content (AvgIpc) is 3.24. The summed E-state index contributed by atoms with van der Waals surface area (Å²) in [7, 11) is -3.47. The molecule has 3 heterocycles. The number of carbonyl (C=O) groups excluding carboxylic acids is 1. The number of nitrogens with zero attached hydrogens (tertiary/aromatic N) is 2. The summed E-state index contributed by atoms with van der Waals surface area (Å²) in [5.74, 6) is 0.159. The van der Waals surface area contributed by atoms with Crippen molar-refractivity contribution in [1.82, 2.24) is 14.6 Å². The Morgan fingerprint density at radius 1 is 1.54 bits per heavy atom. The summed E-state index contributed by atoms with van der Waals surface area (Å²) in [4.78, 5) is 18.1. The molecule has 1 aliphatic rings. The van der Waals surface area contributed by atoms with Crippen molar-refractivity contribution in [3.63, 3.8) is 0 Å². The zero-order valence-corrected chi connectivity index (χ0v) is 14.9. The van der Waals surface area contributed by atoms with Crippen LogP contribution < -0.4 is 4.72 Å². The number of sulfonamides is 1. The highest BCUT2D eigenvalue weighted by molar-refractivity contribution is 7.91. The molecule has 1 atom stereocenters. The minimum atomic E-state index is -3.47. The van der Waals surface area contributed by atoms with Gasteiger partial charge in [-0.2, -0.15) is 0 Å². The van der Waals surface area contributed by atoms with Crippen molar-refractivity contribution in [3.8, 4) is 0 Å². The Morgan fingerprint density at radius 3 is 3.04 bits per heavy atom. The molecule has 0 radical (unpaired) electrons. The number of hydrogen-bond donors (Lipinski definition) is 1. The fourth-order valence-corrected chi connectivity index (χ4v) is 4.94. The molecule has 24 heavy (non-hydrogen) atoms. The van der Waals surface area contributed by atoms with Crippen LogP contribution in [0.1, 0.15) is 29.1 Å². The number of oxazole rings is 1. The number of carbonyl (C=O) groups is 1. The molecular weight excluding hydrogens is 350 g/mol. The molecule has 1 saturated heterocycles. The van der Waals surface area contributed by atoms with Crippen LogP contribution in [0.2, 0.25) is 0 Å². The first-order valence-electron chi connectivity index (χ1n) is 7.70. The van der Waals surface area contributed by atoms with E-state index >= 15 is 0 Å². The molecule has 1 unspecified atom stereocenters. The zero-order valence-electron chi connectivity index (χ0n) is 13.3. The van der Waals surface area contributed by atoms with Gasteiger partial charge in [-0.15, -0.1) is 11.3 Å². The van der Waals surface area contributed by atoms with Crippen molar-refractivity contribution in [2.24, 2.45) is 5.92 Å². The third-order valence-electron chi connectivity index (χ3n) is 4.07. The van der Waals surface area contributed by atoms with E-state index in [1.54, 1.807) is 29.3 Å². The number of piperidine rings is 1. The van der Waals surface area contributed by atoms with E-state index in [1.807, 2.05) is 0 Å². The van der Waals surface area contributed by atoms with Gasteiger partial charge in [0.1, 0.15) is 4.21 Å². The van der Waals surface area contributed by atoms with Crippen LogP contribution in [0.4, 0.5) is 0 Å². The second kappa shape index (κ2) is 7.04. The fourth-order valence-electron chi connectivity index (χ4n) is 2.78. The van der Waals surface area contributed by atoms with Crippen LogP contribution in [0.5, 0.6) is 0 Å². The third-order valence-corrected chi connectivity index (χ3v) is 6.89. The monoisotopic (exact) mass is 369 g/mol. The first kappa shape index (κ1) is 17.1. The van der Waals surface area contributed by atoms with Gasteiger partial charge in [-0.25, -0.2) is 18.1 Å². The number of amides is 1. The molecule has 1 aliphatic heterocycles. The van der Waals surface area contributed by atoms with E-state index in [2.05, 4.69) is 9.71 Å². The molecule has 0 aliphatic carbocycles. The molecule has 1 amide bonds. The van der Waals surface area contributed by atoms with Gasteiger partial charge in [0.25, 0.3) is 5.91 Å². The lowest BCUT2D eigenvalue weighted by Crippen LogP contribution is -2.43. The largest absolute Gasteiger partial charge is 0.438 e. The lowest BCUT2D eigenvalue weighted by atomic mass is 9.98. The topological polar surface area (TPSA) is 92.5 Å². The summed E-state index contributed by atoms with van der Waals surface area (Å²) in [5, 5.41) is 1.73. The highest BCUT2D eigenvalue weighted by atomic mass is 32.2. The van der Waals surface area contributed by atoms with Crippen LogP contribution >= 0.6 is 11.3 Å². The van der Waals surface area contributed by atoms with Crippen molar-refractivity contribution >= 4 is 27.3 Å². The molecule has 0 saturated carbocycles. The van der Waals surface area contributed by atoms with Crippen LogP contribution in [-0.2, 0) is 10.0 Å². The highest BCUT2D eigenvalue weighted by Gasteiger charge is 2.28. The van der Waals surface area contributed by atoms with Gasteiger partial charge in [0, 0.05) is 19.6 Å². The third kappa shape index (κ3) is 3.68. The van der Waals surface area contributed by atoms with Crippen LogP contribution in [0.15, 0.2) is 32.5 Å². The maximum Gasteiger partial charge on any atom is 0.291 e. The predicted octanol–water partition coefficient (Wildman–Crippen LogP) is 1.88. The Balaban J connectivity index is 1.60. The molecule has 3 rings (SSSR count). The Hall–Kier alpha value is -1.71. The Labute approximate surface area is 144 Å². The van der Waals surface area contributed by atoms with Crippen molar-refractivity contribution in [2.75, 3.05) is 19.6 Å². The van der Waals surface area contributed by atoms with Gasteiger partial charge in [-0.1, -0.05) is 6.07 Å². The van der Waals surface area contributed by atoms with Crippen LogP contribution in [0.3, 0.4) is 0 Å². The second-order valence-electron chi connectivity index (χ2n) is 5.81. The van der Waals surface area contributed by atoms with E-state index in [1.165, 1.54) is 17.7 Å². The smallest absolute Gasteiger partial charge is 0.291 e. The number of likely N-dealkylation sites (tertiary alicyclic amines) is 1. The number of hydrogen-bond acceptors (Lipinski definition) is 6. The molecule has 7 nitrogen and oxygen atoms in total. The Kier molecular flexibility index (Phi) is 5.02. The van der Waals surface area contributed by atoms with E-state index in [0.29, 0.717) is 29.5 Å².